The Morgan fingerprint density at radius 2 is 2.11 bits per heavy atom. The molecule has 0 bridgehead atoms. The third-order valence-electron chi connectivity index (χ3n) is 3.09. The van der Waals surface area contributed by atoms with Gasteiger partial charge >= 0.3 is 0 Å². The second-order valence-corrected chi connectivity index (χ2v) is 6.17. The molecule has 0 aliphatic heterocycles. The van der Waals surface area contributed by atoms with Crippen LogP contribution in [-0.4, -0.2) is 29.2 Å². The SMILES string of the molecule is CCCCCN(Cc1ccc(C#CCO)s1)C(C)C. The molecule has 1 rings (SSSR count). The molecule has 1 aromatic rings. The first-order chi connectivity index (χ1) is 9.17. The first-order valence-electron chi connectivity index (χ1n) is 7.09. The molecule has 1 aromatic heterocycles. The summed E-state index contributed by atoms with van der Waals surface area (Å²) in [6, 6.07) is 4.78. The number of aliphatic hydroxyl groups excluding tert-OH is 1. The van der Waals surface area contributed by atoms with Crippen LogP contribution in [0.25, 0.3) is 0 Å². The maximum absolute atomic E-state index is 8.70. The first kappa shape index (κ1) is 16.2. The Bertz CT molecular complexity index is 414. The molecule has 0 amide bonds. The molecular formula is C16H25NOS. The summed E-state index contributed by atoms with van der Waals surface area (Å²) in [5.41, 5.74) is 0. The van der Waals surface area contributed by atoms with Crippen LogP contribution < -0.4 is 0 Å². The number of nitrogens with zero attached hydrogens (tertiary/aromatic N) is 1. The minimum atomic E-state index is -0.0671. The van der Waals surface area contributed by atoms with Gasteiger partial charge in [-0.15, -0.1) is 11.3 Å². The second-order valence-electron chi connectivity index (χ2n) is 5.00. The van der Waals surface area contributed by atoms with Crippen molar-refractivity contribution < 1.29 is 5.11 Å². The van der Waals surface area contributed by atoms with Crippen LogP contribution in [0.1, 0.15) is 49.8 Å². The Morgan fingerprint density at radius 1 is 1.32 bits per heavy atom. The maximum Gasteiger partial charge on any atom is 0.104 e. The highest BCUT2D eigenvalue weighted by molar-refractivity contribution is 7.12. The van der Waals surface area contributed by atoms with E-state index in [2.05, 4.69) is 43.6 Å². The van der Waals surface area contributed by atoms with Crippen LogP contribution in [0.15, 0.2) is 12.1 Å². The van der Waals surface area contributed by atoms with E-state index in [-0.39, 0.29) is 6.61 Å². The normalized spacial score (nSPS) is 10.8. The van der Waals surface area contributed by atoms with Crippen molar-refractivity contribution in [3.63, 3.8) is 0 Å². The number of unbranched alkanes of at least 4 members (excludes halogenated alkanes) is 2. The maximum atomic E-state index is 8.70. The smallest absolute Gasteiger partial charge is 0.104 e. The molecular weight excluding hydrogens is 254 g/mol. The average Bonchev–Trinajstić information content (AvgIpc) is 2.83. The van der Waals surface area contributed by atoms with E-state index in [1.807, 2.05) is 6.07 Å². The fourth-order valence-corrected chi connectivity index (χ4v) is 2.85. The molecule has 19 heavy (non-hydrogen) atoms. The summed E-state index contributed by atoms with van der Waals surface area (Å²) in [6.07, 6.45) is 3.85. The first-order valence-corrected chi connectivity index (χ1v) is 7.91. The van der Waals surface area contributed by atoms with Crippen molar-refractivity contribution in [2.24, 2.45) is 0 Å². The fourth-order valence-electron chi connectivity index (χ4n) is 1.94. The van der Waals surface area contributed by atoms with Crippen LogP contribution >= 0.6 is 11.3 Å². The molecule has 0 radical (unpaired) electrons. The molecule has 1 N–H and O–H groups in total. The highest BCUT2D eigenvalue weighted by Crippen LogP contribution is 2.19. The second kappa shape index (κ2) is 9.14. The summed E-state index contributed by atoms with van der Waals surface area (Å²) < 4.78 is 0. The van der Waals surface area contributed by atoms with Gasteiger partial charge in [0.05, 0.1) is 4.88 Å². The predicted octanol–water partition coefficient (Wildman–Crippen LogP) is 3.49. The summed E-state index contributed by atoms with van der Waals surface area (Å²) in [5.74, 6) is 5.67. The molecule has 2 nitrogen and oxygen atoms in total. The van der Waals surface area contributed by atoms with E-state index in [1.54, 1.807) is 11.3 Å². The summed E-state index contributed by atoms with van der Waals surface area (Å²) in [7, 11) is 0. The van der Waals surface area contributed by atoms with Crippen molar-refractivity contribution in [3.05, 3.63) is 21.9 Å². The lowest BCUT2D eigenvalue weighted by atomic mass is 10.2. The van der Waals surface area contributed by atoms with Gasteiger partial charge in [0, 0.05) is 17.5 Å². The molecule has 0 spiro atoms. The lowest BCUT2D eigenvalue weighted by molar-refractivity contribution is 0.210. The third kappa shape index (κ3) is 6.24. The molecule has 0 aliphatic carbocycles. The minimum Gasteiger partial charge on any atom is -0.384 e. The zero-order valence-electron chi connectivity index (χ0n) is 12.3. The van der Waals surface area contributed by atoms with Crippen molar-refractivity contribution in [1.82, 2.24) is 4.90 Å². The Hall–Kier alpha value is -0.820. The van der Waals surface area contributed by atoms with Gasteiger partial charge < -0.3 is 5.11 Å². The van der Waals surface area contributed by atoms with Crippen LogP contribution in [-0.2, 0) is 6.54 Å². The predicted molar refractivity (Wildman–Crippen MR) is 83.4 cm³/mol. The quantitative estimate of drug-likeness (QED) is 0.610. The number of hydrogen-bond acceptors (Lipinski definition) is 3. The molecule has 3 heteroatoms. The lowest BCUT2D eigenvalue weighted by Gasteiger charge is -2.25. The molecule has 0 unspecified atom stereocenters. The van der Waals surface area contributed by atoms with E-state index < -0.39 is 0 Å². The van der Waals surface area contributed by atoms with E-state index in [0.717, 1.165) is 11.4 Å². The van der Waals surface area contributed by atoms with Gasteiger partial charge in [-0.05, 0) is 38.9 Å². The fraction of sp³-hybridized carbons (Fsp3) is 0.625. The molecule has 0 fully saturated rings. The minimum absolute atomic E-state index is 0.0671. The van der Waals surface area contributed by atoms with Crippen molar-refractivity contribution in [2.75, 3.05) is 13.2 Å². The Kier molecular flexibility index (Phi) is 7.81. The van der Waals surface area contributed by atoms with Crippen LogP contribution in [0.5, 0.6) is 0 Å². The van der Waals surface area contributed by atoms with Crippen molar-refractivity contribution in [1.29, 1.82) is 0 Å². The van der Waals surface area contributed by atoms with Crippen molar-refractivity contribution in [3.8, 4) is 11.8 Å². The molecule has 1 heterocycles. The van der Waals surface area contributed by atoms with Gasteiger partial charge in [0.25, 0.3) is 0 Å². The van der Waals surface area contributed by atoms with Crippen molar-refractivity contribution >= 4 is 11.3 Å². The Labute approximate surface area is 121 Å². The standard InChI is InChI=1S/C16H25NOS/c1-4-5-6-11-17(14(2)3)13-16-10-9-15(19-16)8-7-12-18/h9-10,14,18H,4-6,11-13H2,1-3H3. The highest BCUT2D eigenvalue weighted by Gasteiger charge is 2.10. The molecule has 0 aromatic carbocycles. The van der Waals surface area contributed by atoms with Crippen LogP contribution in [0.4, 0.5) is 0 Å². The summed E-state index contributed by atoms with van der Waals surface area (Å²) in [5, 5.41) is 8.70. The molecule has 106 valence electrons. The zero-order chi connectivity index (χ0) is 14.1. The topological polar surface area (TPSA) is 23.5 Å². The van der Waals surface area contributed by atoms with Crippen LogP contribution in [0.2, 0.25) is 0 Å². The lowest BCUT2D eigenvalue weighted by Crippen LogP contribution is -2.30. The van der Waals surface area contributed by atoms with Gasteiger partial charge in [0.1, 0.15) is 6.61 Å². The van der Waals surface area contributed by atoms with Gasteiger partial charge in [-0.2, -0.15) is 0 Å². The van der Waals surface area contributed by atoms with Gasteiger partial charge in [-0.3, -0.25) is 4.90 Å². The van der Waals surface area contributed by atoms with Crippen molar-refractivity contribution in [2.45, 2.75) is 52.6 Å². The molecule has 0 saturated carbocycles. The van der Waals surface area contributed by atoms with E-state index in [9.17, 15) is 0 Å². The van der Waals surface area contributed by atoms with E-state index >= 15 is 0 Å². The Balaban J connectivity index is 2.55. The summed E-state index contributed by atoms with van der Waals surface area (Å²) in [6.45, 7) is 8.86. The zero-order valence-corrected chi connectivity index (χ0v) is 13.1. The van der Waals surface area contributed by atoms with Gasteiger partial charge in [-0.1, -0.05) is 31.6 Å². The van der Waals surface area contributed by atoms with Gasteiger partial charge in [0.15, 0.2) is 0 Å². The van der Waals surface area contributed by atoms with E-state index in [1.165, 1.54) is 30.7 Å². The van der Waals surface area contributed by atoms with E-state index in [0.29, 0.717) is 6.04 Å². The molecule has 0 atom stereocenters. The number of rotatable bonds is 7. The highest BCUT2D eigenvalue weighted by atomic mass is 32.1. The van der Waals surface area contributed by atoms with Gasteiger partial charge in [-0.25, -0.2) is 0 Å². The molecule has 0 saturated heterocycles. The summed E-state index contributed by atoms with van der Waals surface area (Å²) >= 11 is 1.73. The molecule has 0 aliphatic rings. The van der Waals surface area contributed by atoms with Gasteiger partial charge in [0.2, 0.25) is 0 Å². The third-order valence-corrected chi connectivity index (χ3v) is 4.08. The van der Waals surface area contributed by atoms with Crippen LogP contribution in [0, 0.1) is 11.8 Å². The average molecular weight is 279 g/mol. The largest absolute Gasteiger partial charge is 0.384 e. The Morgan fingerprint density at radius 3 is 2.74 bits per heavy atom. The number of thiophene rings is 1. The monoisotopic (exact) mass is 279 g/mol. The van der Waals surface area contributed by atoms with E-state index in [4.69, 9.17) is 5.11 Å². The van der Waals surface area contributed by atoms with Crippen LogP contribution in [0.3, 0.4) is 0 Å². The number of aliphatic hydroxyl groups is 1. The number of hydrogen-bond donors (Lipinski definition) is 1. The summed E-state index contributed by atoms with van der Waals surface area (Å²) in [4.78, 5) is 4.92.